The van der Waals surface area contributed by atoms with Crippen molar-refractivity contribution in [2.45, 2.75) is 64.8 Å². The van der Waals surface area contributed by atoms with Crippen molar-refractivity contribution in [3.05, 3.63) is 28.8 Å². The lowest BCUT2D eigenvalue weighted by Crippen LogP contribution is -2.48. The average Bonchev–Trinajstić information content (AvgIpc) is 3.13. The first-order valence-corrected chi connectivity index (χ1v) is 13.7. The number of halogens is 1. The number of likely N-dealkylation sites (tertiary alicyclic amines) is 1. The lowest BCUT2D eigenvalue weighted by Gasteiger charge is -2.27. The van der Waals surface area contributed by atoms with E-state index in [-0.39, 0.29) is 42.8 Å². The van der Waals surface area contributed by atoms with Gasteiger partial charge in [-0.3, -0.25) is 14.4 Å². The highest BCUT2D eigenvalue weighted by Gasteiger charge is 2.23. The molecular formula is C27H41ClN4O4. The summed E-state index contributed by atoms with van der Waals surface area (Å²) in [5.74, 6) is 0.0826. The number of ether oxygens (including phenoxy) is 1. The smallest absolute Gasteiger partial charge is 0.255 e. The zero-order chi connectivity index (χ0) is 25.9. The third-order valence-corrected chi connectivity index (χ3v) is 7.16. The van der Waals surface area contributed by atoms with Crippen LogP contribution in [0.2, 0.25) is 5.02 Å². The van der Waals surface area contributed by atoms with Crippen LogP contribution < -0.4 is 15.4 Å². The molecule has 1 atom stereocenters. The molecule has 3 rings (SSSR count). The molecule has 2 aliphatic rings. The zero-order valence-electron chi connectivity index (χ0n) is 21.7. The molecule has 36 heavy (non-hydrogen) atoms. The normalized spacial score (nSPS) is 21.3. The number of benzene rings is 1. The van der Waals surface area contributed by atoms with Crippen LogP contribution in [0.5, 0.6) is 5.75 Å². The molecule has 0 aliphatic carbocycles. The molecule has 1 saturated heterocycles. The molecule has 1 aromatic rings. The summed E-state index contributed by atoms with van der Waals surface area (Å²) in [6.45, 7) is 7.98. The molecule has 3 amide bonds. The Morgan fingerprint density at radius 1 is 1.08 bits per heavy atom. The van der Waals surface area contributed by atoms with Crippen LogP contribution in [0.3, 0.4) is 0 Å². The fraction of sp³-hybridized carbons (Fsp3) is 0.667. The standard InChI is InChI=1S/C27H41ClN4O4/c1-20(2)23-19-36-24-10-9-21(28)17-22(24)27(35)29-12-5-8-15-32(18-25(33)30-23)26(34)11-16-31-13-6-3-4-7-14-31/h9-10,17,20,23H,3-8,11-16,18-19H2,1-2H3,(H,29,35)(H,30,33)/t23-/m1/s1. The second kappa shape index (κ2) is 14.4. The Bertz CT molecular complexity index is 887. The predicted molar refractivity (Wildman–Crippen MR) is 141 cm³/mol. The molecule has 9 heteroatoms. The van der Waals surface area contributed by atoms with E-state index in [1.54, 1.807) is 23.1 Å². The third-order valence-electron chi connectivity index (χ3n) is 6.92. The lowest BCUT2D eigenvalue weighted by atomic mass is 10.1. The molecule has 2 N–H and O–H groups in total. The van der Waals surface area contributed by atoms with Crippen LogP contribution in [0.25, 0.3) is 0 Å². The molecule has 0 saturated carbocycles. The second-order valence-corrected chi connectivity index (χ2v) is 10.6. The number of carbonyl (C=O) groups is 3. The maximum Gasteiger partial charge on any atom is 0.255 e. The Morgan fingerprint density at radius 2 is 1.81 bits per heavy atom. The molecule has 0 radical (unpaired) electrons. The van der Waals surface area contributed by atoms with Gasteiger partial charge >= 0.3 is 0 Å². The van der Waals surface area contributed by atoms with Crippen LogP contribution >= 0.6 is 11.6 Å². The Kier molecular flexibility index (Phi) is 11.3. The summed E-state index contributed by atoms with van der Waals surface area (Å²) in [7, 11) is 0. The summed E-state index contributed by atoms with van der Waals surface area (Å²) in [6, 6.07) is 4.68. The molecule has 0 bridgehead atoms. The summed E-state index contributed by atoms with van der Waals surface area (Å²) >= 11 is 6.13. The van der Waals surface area contributed by atoms with E-state index in [1.807, 2.05) is 13.8 Å². The van der Waals surface area contributed by atoms with Gasteiger partial charge in [0.1, 0.15) is 12.4 Å². The van der Waals surface area contributed by atoms with Crippen LogP contribution in [0.1, 0.15) is 69.2 Å². The predicted octanol–water partition coefficient (Wildman–Crippen LogP) is 3.48. The summed E-state index contributed by atoms with van der Waals surface area (Å²) in [4.78, 5) is 43.0. The molecule has 2 aliphatic heterocycles. The number of rotatable bonds is 4. The molecule has 200 valence electrons. The van der Waals surface area contributed by atoms with E-state index in [1.165, 1.54) is 25.7 Å². The van der Waals surface area contributed by atoms with Crippen molar-refractivity contribution in [3.8, 4) is 5.75 Å². The average molecular weight is 521 g/mol. The minimum atomic E-state index is -0.275. The molecule has 1 fully saturated rings. The van der Waals surface area contributed by atoms with Crippen molar-refractivity contribution in [2.24, 2.45) is 5.92 Å². The van der Waals surface area contributed by atoms with Gasteiger partial charge in [-0.25, -0.2) is 0 Å². The molecule has 0 aromatic heterocycles. The minimum Gasteiger partial charge on any atom is -0.491 e. The molecular weight excluding hydrogens is 480 g/mol. The van der Waals surface area contributed by atoms with Gasteiger partial charge < -0.3 is 25.2 Å². The van der Waals surface area contributed by atoms with E-state index in [0.717, 1.165) is 19.6 Å². The van der Waals surface area contributed by atoms with Gasteiger partial charge in [-0.2, -0.15) is 0 Å². The van der Waals surface area contributed by atoms with E-state index in [4.69, 9.17) is 16.3 Å². The van der Waals surface area contributed by atoms with Gasteiger partial charge in [0.25, 0.3) is 5.91 Å². The quantitative estimate of drug-likeness (QED) is 0.634. The van der Waals surface area contributed by atoms with Crippen molar-refractivity contribution in [1.82, 2.24) is 20.4 Å². The topological polar surface area (TPSA) is 91.0 Å². The largest absolute Gasteiger partial charge is 0.491 e. The van der Waals surface area contributed by atoms with E-state index >= 15 is 0 Å². The maximum atomic E-state index is 13.1. The number of nitrogens with zero attached hydrogens (tertiary/aromatic N) is 2. The van der Waals surface area contributed by atoms with Crippen LogP contribution in [-0.4, -0.2) is 79.4 Å². The molecule has 8 nitrogen and oxygen atoms in total. The summed E-state index contributed by atoms with van der Waals surface area (Å²) in [6.07, 6.45) is 6.67. The lowest BCUT2D eigenvalue weighted by molar-refractivity contribution is -0.136. The van der Waals surface area contributed by atoms with E-state index in [9.17, 15) is 14.4 Å². The maximum absolute atomic E-state index is 13.1. The summed E-state index contributed by atoms with van der Waals surface area (Å²) in [5, 5.41) is 6.42. The van der Waals surface area contributed by atoms with Crippen LogP contribution in [0.15, 0.2) is 18.2 Å². The van der Waals surface area contributed by atoms with Crippen LogP contribution in [0, 0.1) is 5.92 Å². The van der Waals surface area contributed by atoms with Crippen molar-refractivity contribution in [3.63, 3.8) is 0 Å². The Balaban J connectivity index is 1.68. The zero-order valence-corrected chi connectivity index (χ0v) is 22.4. The highest BCUT2D eigenvalue weighted by molar-refractivity contribution is 6.31. The first-order valence-electron chi connectivity index (χ1n) is 13.3. The first-order chi connectivity index (χ1) is 17.3. The van der Waals surface area contributed by atoms with Crippen molar-refractivity contribution in [1.29, 1.82) is 0 Å². The van der Waals surface area contributed by atoms with Gasteiger partial charge in [0.2, 0.25) is 11.8 Å². The number of fused-ring (bicyclic) bond motifs is 1. The third kappa shape index (κ3) is 8.96. The fourth-order valence-corrected chi connectivity index (χ4v) is 4.77. The molecule has 0 unspecified atom stereocenters. The molecule has 0 spiro atoms. The molecule has 1 aromatic carbocycles. The number of hydrogen-bond acceptors (Lipinski definition) is 5. The SMILES string of the molecule is CC(C)[C@H]1COc2ccc(Cl)cc2C(=O)NCCCCN(C(=O)CCN2CCCCCC2)CC(=O)N1. The summed E-state index contributed by atoms with van der Waals surface area (Å²) < 4.78 is 5.98. The van der Waals surface area contributed by atoms with Crippen molar-refractivity contribution >= 4 is 29.3 Å². The van der Waals surface area contributed by atoms with E-state index < -0.39 is 0 Å². The Morgan fingerprint density at radius 3 is 2.53 bits per heavy atom. The van der Waals surface area contributed by atoms with Crippen molar-refractivity contribution < 1.29 is 19.1 Å². The van der Waals surface area contributed by atoms with Gasteiger partial charge in [0.15, 0.2) is 0 Å². The highest BCUT2D eigenvalue weighted by Crippen LogP contribution is 2.24. The molecule has 2 heterocycles. The Labute approximate surface area is 220 Å². The number of carbonyl (C=O) groups excluding carboxylic acids is 3. The number of amides is 3. The van der Waals surface area contributed by atoms with E-state index in [2.05, 4.69) is 15.5 Å². The van der Waals surface area contributed by atoms with Gasteiger partial charge in [-0.05, 0) is 62.9 Å². The van der Waals surface area contributed by atoms with Crippen molar-refractivity contribution in [2.75, 3.05) is 45.9 Å². The Hall–Kier alpha value is -2.32. The minimum absolute atomic E-state index is 0.00198. The number of hydrogen-bond donors (Lipinski definition) is 2. The fourth-order valence-electron chi connectivity index (χ4n) is 4.60. The van der Waals surface area contributed by atoms with Gasteiger partial charge in [-0.1, -0.05) is 38.3 Å². The first kappa shape index (κ1) is 28.3. The monoisotopic (exact) mass is 520 g/mol. The highest BCUT2D eigenvalue weighted by atomic mass is 35.5. The van der Waals surface area contributed by atoms with Gasteiger partial charge in [0.05, 0.1) is 18.2 Å². The summed E-state index contributed by atoms with van der Waals surface area (Å²) in [5.41, 5.74) is 0.372. The van der Waals surface area contributed by atoms with Gasteiger partial charge in [-0.15, -0.1) is 0 Å². The second-order valence-electron chi connectivity index (χ2n) is 10.2. The van der Waals surface area contributed by atoms with Crippen LogP contribution in [0.4, 0.5) is 0 Å². The van der Waals surface area contributed by atoms with E-state index in [0.29, 0.717) is 48.7 Å². The number of nitrogens with one attached hydrogen (secondary N) is 2. The van der Waals surface area contributed by atoms with Crippen LogP contribution in [-0.2, 0) is 9.59 Å². The van der Waals surface area contributed by atoms with Gasteiger partial charge in [0, 0.05) is 31.1 Å².